The largest absolute Gasteiger partial charge is 0.495 e. The van der Waals surface area contributed by atoms with Crippen LogP contribution in [-0.2, 0) is 16.4 Å². The molecule has 0 spiro atoms. The third kappa shape index (κ3) is 4.45. The highest BCUT2D eigenvalue weighted by molar-refractivity contribution is 9.10. The molecule has 0 amide bonds. The Morgan fingerprint density at radius 2 is 1.65 bits per heavy atom. The Balaban J connectivity index is 1.87. The first-order valence-corrected chi connectivity index (χ1v) is 10.2. The Morgan fingerprint density at radius 3 is 2.38 bits per heavy atom. The van der Waals surface area contributed by atoms with Crippen molar-refractivity contribution < 1.29 is 13.2 Å². The summed E-state index contributed by atoms with van der Waals surface area (Å²) in [6.45, 7) is 0. The Labute approximate surface area is 162 Å². The predicted octanol–water partition coefficient (Wildman–Crippen LogP) is 4.85. The average molecular weight is 432 g/mol. The van der Waals surface area contributed by atoms with E-state index >= 15 is 0 Å². The van der Waals surface area contributed by atoms with E-state index < -0.39 is 10.0 Å². The van der Waals surface area contributed by atoms with Crippen LogP contribution in [0.3, 0.4) is 0 Å². The van der Waals surface area contributed by atoms with Crippen LogP contribution in [0.2, 0.25) is 0 Å². The van der Waals surface area contributed by atoms with Gasteiger partial charge in [-0.25, -0.2) is 8.42 Å². The summed E-state index contributed by atoms with van der Waals surface area (Å²) in [6.07, 6.45) is 0.733. The second-order valence-corrected chi connectivity index (χ2v) is 8.33. The van der Waals surface area contributed by atoms with Crippen LogP contribution in [-0.4, -0.2) is 15.5 Å². The maximum Gasteiger partial charge on any atom is 0.265 e. The van der Waals surface area contributed by atoms with Crippen molar-refractivity contribution >= 4 is 31.6 Å². The number of benzene rings is 3. The minimum atomic E-state index is -3.77. The fraction of sp³-hybridized carbons (Fsp3) is 0.100. The molecule has 0 aliphatic carbocycles. The van der Waals surface area contributed by atoms with Gasteiger partial charge in [-0.1, -0.05) is 58.4 Å². The van der Waals surface area contributed by atoms with Crippen LogP contribution in [0.5, 0.6) is 5.75 Å². The van der Waals surface area contributed by atoms with Gasteiger partial charge in [-0.05, 0) is 47.9 Å². The number of anilines is 1. The molecule has 0 aliphatic heterocycles. The van der Waals surface area contributed by atoms with E-state index in [2.05, 4.69) is 20.7 Å². The van der Waals surface area contributed by atoms with Crippen LogP contribution < -0.4 is 9.46 Å². The first kappa shape index (κ1) is 18.5. The Kier molecular flexibility index (Phi) is 5.64. The zero-order valence-electron chi connectivity index (χ0n) is 14.1. The lowest BCUT2D eigenvalue weighted by Crippen LogP contribution is -2.14. The SMILES string of the molecule is COc1ccc(Br)cc1S(=O)(=O)Nc1cccc(Cc2ccccc2)c1. The molecule has 0 radical (unpaired) electrons. The summed E-state index contributed by atoms with van der Waals surface area (Å²) in [4.78, 5) is 0.0860. The lowest BCUT2D eigenvalue weighted by Gasteiger charge is -2.13. The van der Waals surface area contributed by atoms with Gasteiger partial charge in [0.05, 0.1) is 7.11 Å². The molecule has 0 atom stereocenters. The van der Waals surface area contributed by atoms with E-state index in [-0.39, 0.29) is 4.90 Å². The van der Waals surface area contributed by atoms with Crippen molar-refractivity contribution in [3.63, 3.8) is 0 Å². The standard InChI is InChI=1S/C20H18BrNO3S/c1-25-19-11-10-17(21)14-20(19)26(23,24)22-18-9-5-8-16(13-18)12-15-6-3-2-4-7-15/h2-11,13-14,22H,12H2,1H3. The Morgan fingerprint density at radius 1 is 0.923 bits per heavy atom. The maximum absolute atomic E-state index is 12.8. The van der Waals surface area contributed by atoms with Crippen LogP contribution in [0, 0.1) is 0 Å². The van der Waals surface area contributed by atoms with Crippen LogP contribution in [0.15, 0.2) is 82.2 Å². The molecule has 0 aromatic heterocycles. The zero-order chi connectivity index (χ0) is 18.6. The molecule has 3 aromatic carbocycles. The summed E-state index contributed by atoms with van der Waals surface area (Å²) in [5.41, 5.74) is 2.71. The molecule has 1 N–H and O–H groups in total. The fourth-order valence-corrected chi connectivity index (χ4v) is 4.41. The van der Waals surface area contributed by atoms with Gasteiger partial charge in [0, 0.05) is 10.2 Å². The summed E-state index contributed by atoms with van der Waals surface area (Å²) in [5.74, 6) is 0.293. The van der Waals surface area contributed by atoms with Crippen molar-refractivity contribution in [1.29, 1.82) is 0 Å². The summed E-state index contributed by atoms with van der Waals surface area (Å²) in [5, 5.41) is 0. The quantitative estimate of drug-likeness (QED) is 0.606. The smallest absolute Gasteiger partial charge is 0.265 e. The number of ether oxygens (including phenoxy) is 1. The molecule has 3 aromatic rings. The third-order valence-corrected chi connectivity index (χ3v) is 5.74. The highest BCUT2D eigenvalue weighted by Crippen LogP contribution is 2.29. The second-order valence-electron chi connectivity index (χ2n) is 5.76. The van der Waals surface area contributed by atoms with E-state index in [1.807, 2.05) is 48.5 Å². The lowest BCUT2D eigenvalue weighted by atomic mass is 10.0. The topological polar surface area (TPSA) is 55.4 Å². The van der Waals surface area contributed by atoms with E-state index in [4.69, 9.17) is 4.74 Å². The first-order valence-electron chi connectivity index (χ1n) is 7.97. The fourth-order valence-electron chi connectivity index (χ4n) is 2.65. The molecular weight excluding hydrogens is 414 g/mol. The van der Waals surface area contributed by atoms with E-state index in [9.17, 15) is 8.42 Å². The molecule has 0 saturated carbocycles. The monoisotopic (exact) mass is 431 g/mol. The second kappa shape index (κ2) is 7.93. The van der Waals surface area contributed by atoms with Gasteiger partial charge in [-0.3, -0.25) is 4.72 Å². The number of sulfonamides is 1. The molecule has 0 unspecified atom stereocenters. The summed E-state index contributed by atoms with van der Waals surface area (Å²) >= 11 is 3.30. The van der Waals surface area contributed by atoms with Gasteiger partial charge in [0.15, 0.2) is 0 Å². The maximum atomic E-state index is 12.8. The van der Waals surface area contributed by atoms with Gasteiger partial charge < -0.3 is 4.74 Å². The van der Waals surface area contributed by atoms with E-state index in [0.717, 1.165) is 12.0 Å². The third-order valence-electron chi connectivity index (χ3n) is 3.85. The van der Waals surface area contributed by atoms with Crippen molar-refractivity contribution in [3.05, 3.63) is 88.4 Å². The number of rotatable bonds is 6. The molecule has 3 rings (SSSR count). The molecule has 26 heavy (non-hydrogen) atoms. The molecule has 0 heterocycles. The van der Waals surface area contributed by atoms with Crippen molar-refractivity contribution in [2.75, 3.05) is 11.8 Å². The van der Waals surface area contributed by atoms with Crippen molar-refractivity contribution in [3.8, 4) is 5.75 Å². The molecule has 6 heteroatoms. The average Bonchev–Trinajstić information content (AvgIpc) is 2.62. The molecule has 4 nitrogen and oxygen atoms in total. The lowest BCUT2D eigenvalue weighted by molar-refractivity contribution is 0.403. The normalized spacial score (nSPS) is 11.2. The summed E-state index contributed by atoms with van der Waals surface area (Å²) in [6, 6.07) is 22.3. The van der Waals surface area contributed by atoms with Gasteiger partial charge in [-0.2, -0.15) is 0 Å². The van der Waals surface area contributed by atoms with Crippen molar-refractivity contribution in [2.24, 2.45) is 0 Å². The van der Waals surface area contributed by atoms with Gasteiger partial charge in [0.2, 0.25) is 0 Å². The highest BCUT2D eigenvalue weighted by atomic mass is 79.9. The van der Waals surface area contributed by atoms with Gasteiger partial charge in [0.25, 0.3) is 10.0 Å². The zero-order valence-corrected chi connectivity index (χ0v) is 16.5. The summed E-state index contributed by atoms with van der Waals surface area (Å²) in [7, 11) is -2.33. The Hall–Kier alpha value is -2.31. The van der Waals surface area contributed by atoms with E-state index in [1.165, 1.54) is 18.7 Å². The molecule has 0 saturated heterocycles. The van der Waals surface area contributed by atoms with Crippen LogP contribution in [0.25, 0.3) is 0 Å². The van der Waals surface area contributed by atoms with Crippen LogP contribution >= 0.6 is 15.9 Å². The minimum Gasteiger partial charge on any atom is -0.495 e. The highest BCUT2D eigenvalue weighted by Gasteiger charge is 2.20. The molecule has 0 aliphatic rings. The van der Waals surface area contributed by atoms with Crippen LogP contribution in [0.4, 0.5) is 5.69 Å². The molecule has 134 valence electrons. The molecule has 0 bridgehead atoms. The van der Waals surface area contributed by atoms with Gasteiger partial charge in [-0.15, -0.1) is 0 Å². The van der Waals surface area contributed by atoms with E-state index in [0.29, 0.717) is 15.9 Å². The van der Waals surface area contributed by atoms with Crippen molar-refractivity contribution in [2.45, 2.75) is 11.3 Å². The van der Waals surface area contributed by atoms with Crippen molar-refractivity contribution in [1.82, 2.24) is 0 Å². The number of halogens is 1. The Bertz CT molecular complexity index is 1000. The number of hydrogen-bond donors (Lipinski definition) is 1. The van der Waals surface area contributed by atoms with Gasteiger partial charge >= 0.3 is 0 Å². The number of nitrogens with one attached hydrogen (secondary N) is 1. The first-order chi connectivity index (χ1) is 12.5. The predicted molar refractivity (Wildman–Crippen MR) is 107 cm³/mol. The summed E-state index contributed by atoms with van der Waals surface area (Å²) < 4.78 is 34.1. The van der Waals surface area contributed by atoms with Gasteiger partial charge in [0.1, 0.15) is 10.6 Å². The number of hydrogen-bond acceptors (Lipinski definition) is 3. The minimum absolute atomic E-state index is 0.0860. The molecule has 0 fully saturated rings. The molecular formula is C20H18BrNO3S. The van der Waals surface area contributed by atoms with Crippen LogP contribution in [0.1, 0.15) is 11.1 Å². The number of methoxy groups -OCH3 is 1. The van der Waals surface area contributed by atoms with E-state index in [1.54, 1.807) is 18.2 Å².